The Balaban J connectivity index is 0.00000320. The number of piperidine rings is 1. The van der Waals surface area contributed by atoms with Gasteiger partial charge in [-0.25, -0.2) is 9.97 Å². The number of carbonyl (C=O) groups is 1. The van der Waals surface area contributed by atoms with Crippen LogP contribution in [0.5, 0.6) is 0 Å². The zero-order chi connectivity index (χ0) is 20.8. The number of carbonyl (C=O) groups excluding carboxylic acids is 1. The fraction of sp³-hybridized carbons (Fsp3) is 0.500. The SMILES string of the molecule is CN=C(NCc1cccnc1N1CCCC(C(N)=O)C1)NCc1sc(C)nc1C.I. The Hall–Kier alpha value is -1.95. The average Bonchev–Trinajstić information content (AvgIpc) is 3.05. The number of hydrogen-bond acceptors (Lipinski definition) is 6. The molecule has 1 saturated heterocycles. The fourth-order valence-electron chi connectivity index (χ4n) is 3.56. The quantitative estimate of drug-likeness (QED) is 0.293. The van der Waals surface area contributed by atoms with Crippen molar-refractivity contribution in [2.45, 2.75) is 39.8 Å². The third kappa shape index (κ3) is 6.27. The van der Waals surface area contributed by atoms with Crippen LogP contribution < -0.4 is 21.3 Å². The van der Waals surface area contributed by atoms with Gasteiger partial charge in [-0.1, -0.05) is 6.07 Å². The van der Waals surface area contributed by atoms with Gasteiger partial charge in [0.05, 0.1) is 23.2 Å². The van der Waals surface area contributed by atoms with Crippen LogP contribution in [-0.4, -0.2) is 42.0 Å². The second-order valence-electron chi connectivity index (χ2n) is 7.19. The normalized spacial score (nSPS) is 16.7. The molecule has 1 fully saturated rings. The summed E-state index contributed by atoms with van der Waals surface area (Å²) in [7, 11) is 1.76. The molecule has 2 aromatic heterocycles. The average molecular weight is 543 g/mol. The second-order valence-corrected chi connectivity index (χ2v) is 8.48. The minimum Gasteiger partial charge on any atom is -0.369 e. The van der Waals surface area contributed by atoms with Crippen molar-refractivity contribution in [2.75, 3.05) is 25.0 Å². The summed E-state index contributed by atoms with van der Waals surface area (Å²) in [5.41, 5.74) is 7.64. The molecule has 3 rings (SSSR count). The summed E-state index contributed by atoms with van der Waals surface area (Å²) in [5.74, 6) is 1.27. The molecule has 0 spiro atoms. The molecule has 164 valence electrons. The van der Waals surface area contributed by atoms with Crippen molar-refractivity contribution in [1.29, 1.82) is 0 Å². The number of aromatic nitrogens is 2. The van der Waals surface area contributed by atoms with Gasteiger partial charge in [-0.05, 0) is 32.8 Å². The van der Waals surface area contributed by atoms with Gasteiger partial charge in [0.15, 0.2) is 5.96 Å². The Kier molecular flexibility index (Phi) is 9.28. The first-order valence-corrected chi connectivity index (χ1v) is 10.6. The summed E-state index contributed by atoms with van der Waals surface area (Å²) >= 11 is 1.69. The van der Waals surface area contributed by atoms with Crippen LogP contribution in [0.2, 0.25) is 0 Å². The van der Waals surface area contributed by atoms with Gasteiger partial charge in [-0.15, -0.1) is 35.3 Å². The lowest BCUT2D eigenvalue weighted by atomic mass is 9.97. The number of aliphatic imine (C=N–C) groups is 1. The number of nitrogens with two attached hydrogens (primary N) is 1. The highest BCUT2D eigenvalue weighted by molar-refractivity contribution is 14.0. The van der Waals surface area contributed by atoms with E-state index in [1.165, 1.54) is 4.88 Å². The zero-order valence-corrected chi connectivity index (χ0v) is 20.8. The van der Waals surface area contributed by atoms with E-state index in [9.17, 15) is 4.79 Å². The first kappa shape index (κ1) is 24.3. The minimum atomic E-state index is -0.233. The molecular weight excluding hydrogens is 513 g/mol. The number of rotatable bonds is 6. The summed E-state index contributed by atoms with van der Waals surface area (Å²) < 4.78 is 0. The van der Waals surface area contributed by atoms with Gasteiger partial charge in [0.1, 0.15) is 5.82 Å². The van der Waals surface area contributed by atoms with Crippen LogP contribution in [0, 0.1) is 19.8 Å². The summed E-state index contributed by atoms with van der Waals surface area (Å²) in [6.45, 7) is 6.81. The number of nitrogens with zero attached hydrogens (tertiary/aromatic N) is 4. The number of nitrogens with one attached hydrogen (secondary N) is 2. The maximum absolute atomic E-state index is 11.6. The molecular formula is C20H30IN7OS. The van der Waals surface area contributed by atoms with Gasteiger partial charge in [-0.2, -0.15) is 0 Å². The number of pyridine rings is 1. The topological polar surface area (TPSA) is 109 Å². The molecule has 4 N–H and O–H groups in total. The van der Waals surface area contributed by atoms with Crippen molar-refractivity contribution < 1.29 is 4.79 Å². The molecule has 1 aliphatic rings. The number of hydrogen-bond donors (Lipinski definition) is 3. The van der Waals surface area contributed by atoms with Crippen LogP contribution in [0.25, 0.3) is 0 Å². The number of halogens is 1. The highest BCUT2D eigenvalue weighted by atomic mass is 127. The van der Waals surface area contributed by atoms with Crippen LogP contribution in [-0.2, 0) is 17.9 Å². The molecule has 30 heavy (non-hydrogen) atoms. The van der Waals surface area contributed by atoms with Crippen molar-refractivity contribution in [3.63, 3.8) is 0 Å². The minimum absolute atomic E-state index is 0. The number of thiazole rings is 1. The lowest BCUT2D eigenvalue weighted by molar-refractivity contribution is -0.122. The van der Waals surface area contributed by atoms with E-state index in [0.717, 1.165) is 47.4 Å². The molecule has 0 aliphatic carbocycles. The number of guanidine groups is 1. The van der Waals surface area contributed by atoms with E-state index in [-0.39, 0.29) is 35.8 Å². The molecule has 2 aromatic rings. The smallest absolute Gasteiger partial charge is 0.222 e. The Bertz CT molecular complexity index is 886. The van der Waals surface area contributed by atoms with E-state index in [4.69, 9.17) is 5.73 Å². The highest BCUT2D eigenvalue weighted by Crippen LogP contribution is 2.24. The van der Waals surface area contributed by atoms with E-state index in [1.807, 2.05) is 26.0 Å². The van der Waals surface area contributed by atoms with Crippen molar-refractivity contribution in [3.8, 4) is 0 Å². The standard InChI is InChI=1S/C20H29N7OS.HI/c1-13-17(29-14(2)26-13)11-25-20(22-3)24-10-15-6-4-8-23-19(15)27-9-5-7-16(12-27)18(21)28;/h4,6,8,16H,5,7,9-12H2,1-3H3,(H2,21,28)(H2,22,24,25);1H. The highest BCUT2D eigenvalue weighted by Gasteiger charge is 2.26. The molecule has 3 heterocycles. The van der Waals surface area contributed by atoms with Crippen molar-refractivity contribution in [1.82, 2.24) is 20.6 Å². The molecule has 1 unspecified atom stereocenters. The Morgan fingerprint density at radius 2 is 2.13 bits per heavy atom. The maximum Gasteiger partial charge on any atom is 0.222 e. The van der Waals surface area contributed by atoms with Gasteiger partial charge in [-0.3, -0.25) is 9.79 Å². The van der Waals surface area contributed by atoms with Gasteiger partial charge in [0.25, 0.3) is 0 Å². The maximum atomic E-state index is 11.6. The Morgan fingerprint density at radius 3 is 2.80 bits per heavy atom. The molecule has 0 aromatic carbocycles. The summed E-state index contributed by atoms with van der Waals surface area (Å²) in [6.07, 6.45) is 3.57. The predicted octanol–water partition coefficient (Wildman–Crippen LogP) is 2.34. The fourth-order valence-corrected chi connectivity index (χ4v) is 4.43. The third-order valence-corrected chi connectivity index (χ3v) is 6.15. The molecule has 8 nitrogen and oxygen atoms in total. The largest absolute Gasteiger partial charge is 0.369 e. The first-order valence-electron chi connectivity index (χ1n) is 9.83. The predicted molar refractivity (Wildman–Crippen MR) is 132 cm³/mol. The van der Waals surface area contributed by atoms with Crippen molar-refractivity contribution in [3.05, 3.63) is 39.5 Å². The monoisotopic (exact) mass is 543 g/mol. The molecule has 0 radical (unpaired) electrons. The summed E-state index contributed by atoms with van der Waals surface area (Å²) in [4.78, 5) is 28.3. The van der Waals surface area contributed by atoms with Crippen LogP contribution >= 0.6 is 35.3 Å². The zero-order valence-electron chi connectivity index (χ0n) is 17.6. The van der Waals surface area contributed by atoms with Crippen LogP contribution in [0.15, 0.2) is 23.3 Å². The lowest BCUT2D eigenvalue weighted by Crippen LogP contribution is -2.42. The summed E-state index contributed by atoms with van der Waals surface area (Å²) in [5, 5.41) is 7.77. The van der Waals surface area contributed by atoms with E-state index >= 15 is 0 Å². The van der Waals surface area contributed by atoms with Crippen LogP contribution in [0.4, 0.5) is 5.82 Å². The van der Waals surface area contributed by atoms with Crippen LogP contribution in [0.1, 0.15) is 34.0 Å². The molecule has 0 saturated carbocycles. The number of aryl methyl sites for hydroxylation is 2. The second kappa shape index (κ2) is 11.4. The molecule has 0 bridgehead atoms. The molecule has 1 atom stereocenters. The molecule has 10 heteroatoms. The molecule has 1 amide bonds. The molecule has 1 aliphatic heterocycles. The van der Waals surface area contributed by atoms with E-state index < -0.39 is 0 Å². The van der Waals surface area contributed by atoms with Gasteiger partial charge in [0, 0.05) is 43.3 Å². The van der Waals surface area contributed by atoms with E-state index in [2.05, 4.69) is 30.5 Å². The van der Waals surface area contributed by atoms with Gasteiger partial charge < -0.3 is 21.3 Å². The summed E-state index contributed by atoms with van der Waals surface area (Å²) in [6, 6.07) is 3.98. The first-order chi connectivity index (χ1) is 14.0. The Labute approximate surface area is 198 Å². The number of amides is 1. The van der Waals surface area contributed by atoms with E-state index in [1.54, 1.807) is 24.6 Å². The lowest BCUT2D eigenvalue weighted by Gasteiger charge is -2.33. The van der Waals surface area contributed by atoms with Gasteiger partial charge in [0.2, 0.25) is 5.91 Å². The van der Waals surface area contributed by atoms with Crippen LogP contribution in [0.3, 0.4) is 0 Å². The Morgan fingerprint density at radius 1 is 1.37 bits per heavy atom. The van der Waals surface area contributed by atoms with Crippen molar-refractivity contribution >= 4 is 53.0 Å². The number of anilines is 1. The van der Waals surface area contributed by atoms with Gasteiger partial charge >= 0.3 is 0 Å². The third-order valence-electron chi connectivity index (χ3n) is 5.08. The van der Waals surface area contributed by atoms with Crippen molar-refractivity contribution in [2.24, 2.45) is 16.6 Å². The van der Waals surface area contributed by atoms with E-state index in [0.29, 0.717) is 19.6 Å². The number of primary amides is 1.